The van der Waals surface area contributed by atoms with Crippen molar-refractivity contribution in [2.45, 2.75) is 32.8 Å². The molecule has 1 aliphatic heterocycles. The lowest BCUT2D eigenvalue weighted by atomic mass is 10.3. The molecule has 2 heterocycles. The minimum Gasteiger partial charge on any atom is -0.377 e. The second-order valence-corrected chi connectivity index (χ2v) is 6.16. The highest BCUT2D eigenvalue weighted by Gasteiger charge is 2.34. The summed E-state index contributed by atoms with van der Waals surface area (Å²) in [6.07, 6.45) is 3.14. The van der Waals surface area contributed by atoms with Crippen LogP contribution in [0.15, 0.2) is 6.07 Å². The number of ether oxygens (including phenoxy) is 1. The fourth-order valence-corrected chi connectivity index (χ4v) is 2.92. The van der Waals surface area contributed by atoms with Gasteiger partial charge in [-0.2, -0.15) is 0 Å². The Bertz CT molecular complexity index is 545. The van der Waals surface area contributed by atoms with Crippen LogP contribution in [-0.4, -0.2) is 54.1 Å². The summed E-state index contributed by atoms with van der Waals surface area (Å²) in [6, 6.07) is 2.01. The Kier molecular flexibility index (Phi) is 4.57. The van der Waals surface area contributed by atoms with Gasteiger partial charge in [-0.1, -0.05) is 0 Å². The second kappa shape index (κ2) is 6.60. The second-order valence-electron chi connectivity index (χ2n) is 6.16. The van der Waals surface area contributed by atoms with Gasteiger partial charge in [0, 0.05) is 51.0 Å². The Balaban J connectivity index is 1.68. The molecule has 120 valence electrons. The van der Waals surface area contributed by atoms with Crippen molar-refractivity contribution in [1.82, 2.24) is 14.9 Å². The molecule has 22 heavy (non-hydrogen) atoms. The molecule has 1 saturated carbocycles. The highest BCUT2D eigenvalue weighted by molar-refractivity contribution is 5.81. The topological polar surface area (TPSA) is 58.6 Å². The maximum absolute atomic E-state index is 12.2. The maximum atomic E-state index is 12.2. The first kappa shape index (κ1) is 15.2. The number of nitrogens with zero attached hydrogens (tertiary/aromatic N) is 4. The number of carbonyl (C=O) groups is 1. The van der Waals surface area contributed by atoms with E-state index >= 15 is 0 Å². The molecule has 2 aliphatic rings. The molecule has 0 unspecified atom stereocenters. The van der Waals surface area contributed by atoms with Crippen molar-refractivity contribution in [2.75, 3.05) is 38.2 Å². The van der Waals surface area contributed by atoms with E-state index in [1.165, 1.54) is 0 Å². The molecule has 0 bridgehead atoms. The third kappa shape index (κ3) is 3.55. The summed E-state index contributed by atoms with van der Waals surface area (Å²) in [5.41, 5.74) is 0.951. The molecule has 0 atom stereocenters. The van der Waals surface area contributed by atoms with Gasteiger partial charge in [-0.05, 0) is 26.2 Å². The van der Waals surface area contributed by atoms with E-state index in [1.807, 2.05) is 17.9 Å². The Morgan fingerprint density at radius 3 is 2.82 bits per heavy atom. The van der Waals surface area contributed by atoms with Crippen LogP contribution in [0.1, 0.15) is 30.8 Å². The highest BCUT2D eigenvalue weighted by atomic mass is 16.5. The van der Waals surface area contributed by atoms with Gasteiger partial charge in [0.25, 0.3) is 0 Å². The number of carbonyl (C=O) groups excluding carboxylic acids is 1. The highest BCUT2D eigenvalue weighted by Crippen LogP contribution is 2.31. The molecular formula is C16H24N4O2. The number of anilines is 1. The number of aryl methyl sites for hydroxylation is 1. The van der Waals surface area contributed by atoms with Crippen molar-refractivity contribution in [3.05, 3.63) is 17.6 Å². The largest absolute Gasteiger partial charge is 0.377 e. The predicted octanol–water partition coefficient (Wildman–Crippen LogP) is 1.38. The molecule has 6 heteroatoms. The van der Waals surface area contributed by atoms with Crippen molar-refractivity contribution in [2.24, 2.45) is 5.92 Å². The van der Waals surface area contributed by atoms with Crippen molar-refractivity contribution in [3.8, 4) is 0 Å². The van der Waals surface area contributed by atoms with E-state index < -0.39 is 0 Å². The first-order valence-electron chi connectivity index (χ1n) is 8.04. The van der Waals surface area contributed by atoms with E-state index in [0.717, 1.165) is 57.0 Å². The first-order chi connectivity index (χ1) is 10.7. The molecule has 1 aromatic heterocycles. The van der Waals surface area contributed by atoms with Crippen LogP contribution in [0.2, 0.25) is 0 Å². The Hall–Kier alpha value is -1.69. The summed E-state index contributed by atoms with van der Waals surface area (Å²) < 4.78 is 5.14. The number of aromatic nitrogens is 2. The van der Waals surface area contributed by atoms with E-state index in [9.17, 15) is 4.79 Å². The Labute approximate surface area is 131 Å². The van der Waals surface area contributed by atoms with Gasteiger partial charge in [-0.25, -0.2) is 9.97 Å². The van der Waals surface area contributed by atoms with Crippen LogP contribution in [0.4, 0.5) is 5.82 Å². The van der Waals surface area contributed by atoms with Crippen molar-refractivity contribution in [1.29, 1.82) is 0 Å². The number of rotatable bonds is 4. The van der Waals surface area contributed by atoms with Crippen molar-refractivity contribution >= 4 is 11.7 Å². The monoisotopic (exact) mass is 304 g/mol. The molecule has 0 N–H and O–H groups in total. The zero-order chi connectivity index (χ0) is 15.5. The van der Waals surface area contributed by atoms with Gasteiger partial charge in [0.15, 0.2) is 5.82 Å². The van der Waals surface area contributed by atoms with E-state index in [0.29, 0.717) is 24.3 Å². The summed E-state index contributed by atoms with van der Waals surface area (Å²) in [4.78, 5) is 25.5. The van der Waals surface area contributed by atoms with Crippen molar-refractivity contribution in [3.63, 3.8) is 0 Å². The van der Waals surface area contributed by atoms with E-state index in [-0.39, 0.29) is 0 Å². The van der Waals surface area contributed by atoms with Gasteiger partial charge in [0.2, 0.25) is 5.91 Å². The fraction of sp³-hybridized carbons (Fsp3) is 0.688. The minimum atomic E-state index is 0.307. The molecule has 0 radical (unpaired) electrons. The summed E-state index contributed by atoms with van der Waals surface area (Å²) in [5.74, 6) is 2.31. The number of hydrogen-bond acceptors (Lipinski definition) is 5. The Morgan fingerprint density at radius 1 is 1.27 bits per heavy atom. The van der Waals surface area contributed by atoms with Crippen LogP contribution in [0, 0.1) is 12.8 Å². The van der Waals surface area contributed by atoms with Gasteiger partial charge in [0.1, 0.15) is 12.4 Å². The molecule has 1 saturated heterocycles. The summed E-state index contributed by atoms with van der Waals surface area (Å²) in [5, 5.41) is 0. The first-order valence-corrected chi connectivity index (χ1v) is 8.04. The molecule has 2 fully saturated rings. The molecule has 3 rings (SSSR count). The maximum Gasteiger partial charge on any atom is 0.225 e. The van der Waals surface area contributed by atoms with Crippen LogP contribution in [0.5, 0.6) is 0 Å². The van der Waals surface area contributed by atoms with Gasteiger partial charge in [-0.3, -0.25) is 4.79 Å². The lowest BCUT2D eigenvalue weighted by Crippen LogP contribution is -2.36. The molecule has 6 nitrogen and oxygen atoms in total. The standard InChI is InChI=1S/C16H24N4O2/c1-12-10-15(18-14(17-12)11-22-2)19-6-3-7-20(9-8-19)16(21)13-4-5-13/h10,13H,3-9,11H2,1-2H3. The average Bonchev–Trinajstić information content (AvgIpc) is 3.33. The summed E-state index contributed by atoms with van der Waals surface area (Å²) in [7, 11) is 1.65. The summed E-state index contributed by atoms with van der Waals surface area (Å²) >= 11 is 0. The number of amides is 1. The van der Waals surface area contributed by atoms with Crippen LogP contribution in [0.3, 0.4) is 0 Å². The van der Waals surface area contributed by atoms with Crippen molar-refractivity contribution < 1.29 is 9.53 Å². The van der Waals surface area contributed by atoms with Crippen LogP contribution in [0.25, 0.3) is 0 Å². The summed E-state index contributed by atoms with van der Waals surface area (Å²) in [6.45, 7) is 5.82. The SMILES string of the molecule is COCc1nc(C)cc(N2CCCN(C(=O)C3CC3)CC2)n1. The number of hydrogen-bond donors (Lipinski definition) is 0. The van der Waals surface area contributed by atoms with Crippen LogP contribution < -0.4 is 4.90 Å². The van der Waals surface area contributed by atoms with Crippen LogP contribution in [-0.2, 0) is 16.1 Å². The average molecular weight is 304 g/mol. The zero-order valence-corrected chi connectivity index (χ0v) is 13.4. The minimum absolute atomic E-state index is 0.307. The zero-order valence-electron chi connectivity index (χ0n) is 13.4. The normalized spacial score (nSPS) is 19.2. The van der Waals surface area contributed by atoms with E-state index in [4.69, 9.17) is 4.74 Å². The van der Waals surface area contributed by atoms with E-state index in [2.05, 4.69) is 14.9 Å². The molecule has 1 aromatic rings. The molecule has 0 aromatic carbocycles. The van der Waals surface area contributed by atoms with Gasteiger partial charge < -0.3 is 14.5 Å². The third-order valence-electron chi connectivity index (χ3n) is 4.22. The molecular weight excluding hydrogens is 280 g/mol. The lowest BCUT2D eigenvalue weighted by Gasteiger charge is -2.23. The van der Waals surface area contributed by atoms with Gasteiger partial charge in [-0.15, -0.1) is 0 Å². The van der Waals surface area contributed by atoms with Gasteiger partial charge >= 0.3 is 0 Å². The van der Waals surface area contributed by atoms with E-state index in [1.54, 1.807) is 7.11 Å². The van der Waals surface area contributed by atoms with Gasteiger partial charge in [0.05, 0.1) is 0 Å². The third-order valence-corrected chi connectivity index (χ3v) is 4.22. The molecule has 1 aliphatic carbocycles. The quantitative estimate of drug-likeness (QED) is 0.841. The smallest absolute Gasteiger partial charge is 0.225 e. The Morgan fingerprint density at radius 2 is 2.09 bits per heavy atom. The molecule has 1 amide bonds. The fourth-order valence-electron chi connectivity index (χ4n) is 2.92. The molecule has 0 spiro atoms. The predicted molar refractivity (Wildman–Crippen MR) is 83.6 cm³/mol. The lowest BCUT2D eigenvalue weighted by molar-refractivity contribution is -0.132. The van der Waals surface area contributed by atoms with Crippen LogP contribution >= 0.6 is 0 Å². The number of methoxy groups -OCH3 is 1.